The summed E-state index contributed by atoms with van der Waals surface area (Å²) in [6, 6.07) is 4.44. The van der Waals surface area contributed by atoms with Gasteiger partial charge in [-0.15, -0.1) is 0 Å². The number of aliphatic hydroxyl groups is 1. The van der Waals surface area contributed by atoms with Gasteiger partial charge in [0.25, 0.3) is 0 Å². The van der Waals surface area contributed by atoms with Crippen LogP contribution < -0.4 is 9.47 Å². The fourth-order valence-corrected chi connectivity index (χ4v) is 4.69. The fraction of sp³-hybridized carbons (Fsp3) is 0.529. The Bertz CT molecular complexity index is 673. The smallest absolute Gasteiger partial charge is 0.231 e. The Morgan fingerprint density at radius 3 is 2.95 bits per heavy atom. The minimum absolute atomic E-state index is 0.126. The number of nitrogens with zero attached hydrogens (tertiary/aromatic N) is 1. The molecule has 0 spiro atoms. The van der Waals surface area contributed by atoms with Gasteiger partial charge in [0.1, 0.15) is 0 Å². The summed E-state index contributed by atoms with van der Waals surface area (Å²) in [5.41, 5.74) is 2.08. The number of methoxy groups -OCH3 is 1. The van der Waals surface area contributed by atoms with Crippen molar-refractivity contribution in [2.24, 2.45) is 0 Å². The van der Waals surface area contributed by atoms with Crippen LogP contribution in [-0.2, 0) is 16.7 Å². The summed E-state index contributed by atoms with van der Waals surface area (Å²) < 4.78 is 16.6. The maximum absolute atomic E-state index is 10.8. The lowest BCUT2D eigenvalue weighted by molar-refractivity contribution is 0.0660. The molecule has 0 saturated carbocycles. The lowest BCUT2D eigenvalue weighted by atomic mass is 9.65. The quantitative estimate of drug-likeness (QED) is 0.790. The van der Waals surface area contributed by atoms with Crippen LogP contribution in [0.5, 0.6) is 11.5 Å². The topological polar surface area (TPSA) is 51.2 Å². The molecule has 5 heteroatoms. The molecule has 1 aliphatic carbocycles. The second-order valence-electron chi connectivity index (χ2n) is 6.63. The van der Waals surface area contributed by atoms with Crippen LogP contribution in [0.15, 0.2) is 24.3 Å². The lowest BCUT2D eigenvalue weighted by Gasteiger charge is -2.46. The molecule has 5 nitrogen and oxygen atoms in total. The van der Waals surface area contributed by atoms with Crippen molar-refractivity contribution in [3.05, 3.63) is 35.4 Å². The van der Waals surface area contributed by atoms with Crippen molar-refractivity contribution in [2.75, 3.05) is 20.4 Å². The highest BCUT2D eigenvalue weighted by Crippen LogP contribution is 2.53. The molecule has 0 amide bonds. The van der Waals surface area contributed by atoms with Crippen LogP contribution in [0.1, 0.15) is 17.5 Å². The van der Waals surface area contributed by atoms with Gasteiger partial charge in [-0.3, -0.25) is 4.90 Å². The first-order valence-corrected chi connectivity index (χ1v) is 7.79. The summed E-state index contributed by atoms with van der Waals surface area (Å²) in [7, 11) is 1.75. The number of aliphatic hydroxyl groups excluding tert-OH is 1. The molecule has 1 aromatic rings. The highest BCUT2D eigenvalue weighted by atomic mass is 16.7. The van der Waals surface area contributed by atoms with Gasteiger partial charge in [0.15, 0.2) is 11.5 Å². The Kier molecular flexibility index (Phi) is 2.50. The molecule has 5 atom stereocenters. The van der Waals surface area contributed by atoms with Gasteiger partial charge in [-0.25, -0.2) is 0 Å². The van der Waals surface area contributed by atoms with Gasteiger partial charge in [0, 0.05) is 26.2 Å². The summed E-state index contributed by atoms with van der Waals surface area (Å²) in [6.07, 6.45) is 4.91. The van der Waals surface area contributed by atoms with E-state index in [0.717, 1.165) is 24.5 Å². The average molecular weight is 301 g/mol. The van der Waals surface area contributed by atoms with Crippen LogP contribution in [0.3, 0.4) is 0 Å². The van der Waals surface area contributed by atoms with Crippen LogP contribution in [-0.4, -0.2) is 48.7 Å². The van der Waals surface area contributed by atoms with E-state index < -0.39 is 6.10 Å². The number of benzene rings is 1. The number of hydrogen-bond donors (Lipinski definition) is 1. The van der Waals surface area contributed by atoms with Gasteiger partial charge in [-0.2, -0.15) is 0 Å². The summed E-state index contributed by atoms with van der Waals surface area (Å²) in [6.45, 7) is 1.83. The van der Waals surface area contributed by atoms with Gasteiger partial charge >= 0.3 is 0 Å². The fourth-order valence-electron chi connectivity index (χ4n) is 4.69. The molecule has 0 radical (unpaired) electrons. The lowest BCUT2D eigenvalue weighted by Crippen LogP contribution is -2.52. The third-order valence-electron chi connectivity index (χ3n) is 5.73. The second kappa shape index (κ2) is 4.25. The SMILES string of the molecule is CO[C@@H]1C=C[C@@]23c4cc5c(cc4CN(C[C@H]2O)[C@@H]3C1)OCO5. The Hall–Kier alpha value is -1.56. The van der Waals surface area contributed by atoms with E-state index in [-0.39, 0.29) is 24.4 Å². The molecule has 116 valence electrons. The van der Waals surface area contributed by atoms with E-state index in [4.69, 9.17) is 14.2 Å². The van der Waals surface area contributed by atoms with E-state index in [2.05, 4.69) is 29.2 Å². The van der Waals surface area contributed by atoms with Crippen LogP contribution in [0.4, 0.5) is 0 Å². The van der Waals surface area contributed by atoms with E-state index >= 15 is 0 Å². The molecule has 1 unspecified atom stereocenters. The number of fused-ring (bicyclic) bond motifs is 2. The first-order chi connectivity index (χ1) is 10.7. The average Bonchev–Trinajstić information content (AvgIpc) is 3.06. The van der Waals surface area contributed by atoms with Gasteiger partial charge in [0.2, 0.25) is 6.79 Å². The predicted octanol–water partition coefficient (Wildman–Crippen LogP) is 1.19. The predicted molar refractivity (Wildman–Crippen MR) is 79.0 cm³/mol. The first kappa shape index (κ1) is 12.9. The molecule has 1 saturated heterocycles. The first-order valence-electron chi connectivity index (χ1n) is 7.79. The van der Waals surface area contributed by atoms with Crippen LogP contribution in [0.25, 0.3) is 0 Å². The zero-order valence-electron chi connectivity index (χ0n) is 12.5. The Morgan fingerprint density at radius 1 is 1.32 bits per heavy atom. The normalized spacial score (nSPS) is 40.5. The monoisotopic (exact) mass is 301 g/mol. The largest absolute Gasteiger partial charge is 0.454 e. The van der Waals surface area contributed by atoms with Crippen molar-refractivity contribution in [2.45, 2.75) is 36.6 Å². The van der Waals surface area contributed by atoms with E-state index in [1.165, 1.54) is 11.1 Å². The zero-order chi connectivity index (χ0) is 14.9. The number of rotatable bonds is 1. The molecule has 1 fully saturated rings. The van der Waals surface area contributed by atoms with Gasteiger partial charge in [-0.05, 0) is 29.7 Å². The van der Waals surface area contributed by atoms with Crippen molar-refractivity contribution < 1.29 is 19.3 Å². The van der Waals surface area contributed by atoms with Crippen LogP contribution >= 0.6 is 0 Å². The zero-order valence-corrected chi connectivity index (χ0v) is 12.5. The number of ether oxygens (including phenoxy) is 3. The third kappa shape index (κ3) is 1.44. The summed E-state index contributed by atoms with van der Waals surface area (Å²) in [5, 5.41) is 10.8. The van der Waals surface area contributed by atoms with E-state index in [9.17, 15) is 5.11 Å². The molecular weight excluding hydrogens is 282 g/mol. The standard InChI is InChI=1S/C17H19NO4/c1-20-11-2-3-17-12-6-14-13(21-9-22-14)4-10(12)7-18(8-16(17)19)15(17)5-11/h2-4,6,11,15-16,19H,5,7-9H2,1H3/t11-,15-,16-,17+/m1/s1. The highest BCUT2D eigenvalue weighted by molar-refractivity contribution is 5.56. The molecule has 4 aliphatic rings. The van der Waals surface area contributed by atoms with Crippen molar-refractivity contribution in [3.8, 4) is 11.5 Å². The van der Waals surface area contributed by atoms with Gasteiger partial charge in [0.05, 0.1) is 17.6 Å². The molecule has 22 heavy (non-hydrogen) atoms. The molecule has 5 rings (SSSR count). The minimum Gasteiger partial charge on any atom is -0.454 e. The van der Waals surface area contributed by atoms with Crippen molar-refractivity contribution in [1.82, 2.24) is 4.90 Å². The molecular formula is C17H19NO4. The molecule has 3 aliphatic heterocycles. The molecule has 2 bridgehead atoms. The van der Waals surface area contributed by atoms with E-state index in [1.807, 2.05) is 0 Å². The van der Waals surface area contributed by atoms with Gasteiger partial charge in [-0.1, -0.05) is 12.2 Å². The highest BCUT2D eigenvalue weighted by Gasteiger charge is 2.58. The van der Waals surface area contributed by atoms with Crippen LogP contribution in [0, 0.1) is 0 Å². The Balaban J connectivity index is 1.72. The van der Waals surface area contributed by atoms with E-state index in [1.54, 1.807) is 7.11 Å². The molecule has 0 aromatic heterocycles. The number of hydrogen-bond acceptors (Lipinski definition) is 5. The van der Waals surface area contributed by atoms with Crippen molar-refractivity contribution >= 4 is 0 Å². The summed E-state index contributed by atoms with van der Waals surface area (Å²) in [4.78, 5) is 2.38. The molecule has 1 N–H and O–H groups in total. The Morgan fingerprint density at radius 2 is 2.14 bits per heavy atom. The maximum atomic E-state index is 10.8. The van der Waals surface area contributed by atoms with Gasteiger partial charge < -0.3 is 19.3 Å². The van der Waals surface area contributed by atoms with Crippen LogP contribution in [0.2, 0.25) is 0 Å². The summed E-state index contributed by atoms with van der Waals surface area (Å²) >= 11 is 0. The minimum atomic E-state index is -0.395. The molecule has 3 heterocycles. The van der Waals surface area contributed by atoms with Crippen molar-refractivity contribution in [1.29, 1.82) is 0 Å². The second-order valence-corrected chi connectivity index (χ2v) is 6.63. The Labute approximate surface area is 129 Å². The van der Waals surface area contributed by atoms with Crippen molar-refractivity contribution in [3.63, 3.8) is 0 Å². The van der Waals surface area contributed by atoms with E-state index in [0.29, 0.717) is 6.54 Å². The maximum Gasteiger partial charge on any atom is 0.231 e. The third-order valence-corrected chi connectivity index (χ3v) is 5.73. The summed E-state index contributed by atoms with van der Waals surface area (Å²) in [5.74, 6) is 1.61. The molecule has 1 aromatic carbocycles.